The predicted molar refractivity (Wildman–Crippen MR) is 90.7 cm³/mol. The molecule has 7 heteroatoms. The molecule has 0 saturated carbocycles. The Kier molecular flexibility index (Phi) is 4.29. The summed E-state index contributed by atoms with van der Waals surface area (Å²) in [5, 5.41) is 6.12. The van der Waals surface area contributed by atoms with Gasteiger partial charge in [0.15, 0.2) is 5.13 Å². The van der Waals surface area contributed by atoms with Crippen LogP contribution in [0.15, 0.2) is 42.7 Å². The fourth-order valence-corrected chi connectivity index (χ4v) is 2.89. The second-order valence-electron chi connectivity index (χ2n) is 4.80. The third-order valence-electron chi connectivity index (χ3n) is 3.14. The monoisotopic (exact) mass is 326 g/mol. The number of carbonyl (C=O) groups is 2. The molecule has 0 aliphatic carbocycles. The van der Waals surface area contributed by atoms with Gasteiger partial charge in [0.25, 0.3) is 5.91 Å². The summed E-state index contributed by atoms with van der Waals surface area (Å²) in [6.07, 6.45) is 3.54. The highest BCUT2D eigenvalue weighted by Gasteiger charge is 2.09. The molecule has 0 unspecified atom stereocenters. The maximum Gasteiger partial charge on any atom is 0.257 e. The van der Waals surface area contributed by atoms with Gasteiger partial charge in [-0.25, -0.2) is 4.98 Å². The van der Waals surface area contributed by atoms with Crippen LogP contribution in [0.5, 0.6) is 0 Å². The van der Waals surface area contributed by atoms with Crippen molar-refractivity contribution in [3.05, 3.63) is 48.3 Å². The number of hydrogen-bond donors (Lipinski definition) is 2. The van der Waals surface area contributed by atoms with Crippen molar-refractivity contribution in [3.8, 4) is 0 Å². The lowest BCUT2D eigenvalue weighted by Gasteiger charge is -2.04. The average Bonchev–Trinajstić information content (AvgIpc) is 2.96. The molecule has 0 atom stereocenters. The molecule has 0 fully saturated rings. The molecule has 2 heterocycles. The Balaban J connectivity index is 1.80. The third-order valence-corrected chi connectivity index (χ3v) is 4.07. The summed E-state index contributed by atoms with van der Waals surface area (Å²) < 4.78 is 0.889. The molecule has 0 bridgehead atoms. The van der Waals surface area contributed by atoms with Gasteiger partial charge in [-0.3, -0.25) is 14.6 Å². The van der Waals surface area contributed by atoms with Crippen LogP contribution in [0.4, 0.5) is 10.8 Å². The molecule has 0 saturated heterocycles. The van der Waals surface area contributed by atoms with E-state index in [1.54, 1.807) is 31.3 Å². The normalized spacial score (nSPS) is 10.5. The van der Waals surface area contributed by atoms with E-state index in [1.807, 2.05) is 12.1 Å². The third kappa shape index (κ3) is 3.51. The number of fused-ring (bicyclic) bond motifs is 1. The van der Waals surface area contributed by atoms with Gasteiger partial charge in [-0.15, -0.1) is 0 Å². The van der Waals surface area contributed by atoms with Crippen molar-refractivity contribution in [2.75, 3.05) is 10.6 Å². The smallest absolute Gasteiger partial charge is 0.257 e. The minimum absolute atomic E-state index is 0.0749. The molecule has 0 aliphatic rings. The van der Waals surface area contributed by atoms with Gasteiger partial charge in [-0.2, -0.15) is 0 Å². The molecule has 1 aromatic carbocycles. The van der Waals surface area contributed by atoms with Crippen molar-refractivity contribution < 1.29 is 9.59 Å². The van der Waals surface area contributed by atoms with Crippen molar-refractivity contribution in [2.24, 2.45) is 0 Å². The molecule has 2 amide bonds. The van der Waals surface area contributed by atoms with Crippen LogP contribution in [-0.2, 0) is 4.79 Å². The van der Waals surface area contributed by atoms with Crippen LogP contribution in [0.2, 0.25) is 0 Å². The predicted octanol–water partition coefficient (Wildman–Crippen LogP) is 3.29. The lowest BCUT2D eigenvalue weighted by molar-refractivity contribution is -0.115. The van der Waals surface area contributed by atoms with Crippen molar-refractivity contribution in [2.45, 2.75) is 13.3 Å². The molecular formula is C16H14N4O2S. The molecule has 0 aliphatic heterocycles. The second-order valence-corrected chi connectivity index (χ2v) is 5.83. The molecule has 116 valence electrons. The van der Waals surface area contributed by atoms with Crippen molar-refractivity contribution in [1.29, 1.82) is 0 Å². The summed E-state index contributed by atoms with van der Waals surface area (Å²) in [5.41, 5.74) is 1.94. The van der Waals surface area contributed by atoms with Crippen LogP contribution in [0, 0.1) is 0 Å². The standard InChI is InChI=1S/C16H14N4O2S/c1-2-14(21)20-16-19-12-6-5-11(8-13(12)23-16)18-15(22)10-4-3-7-17-9-10/h3-9H,2H2,1H3,(H,18,22)(H,19,20,21). The van der Waals surface area contributed by atoms with E-state index < -0.39 is 0 Å². The lowest BCUT2D eigenvalue weighted by atomic mass is 10.2. The summed E-state index contributed by atoms with van der Waals surface area (Å²) in [4.78, 5) is 31.8. The Hall–Kier alpha value is -2.80. The average molecular weight is 326 g/mol. The highest BCUT2D eigenvalue weighted by molar-refractivity contribution is 7.22. The molecule has 2 aromatic heterocycles. The van der Waals surface area contributed by atoms with E-state index >= 15 is 0 Å². The van der Waals surface area contributed by atoms with Crippen molar-refractivity contribution in [3.63, 3.8) is 0 Å². The molecule has 2 N–H and O–H groups in total. The van der Waals surface area contributed by atoms with E-state index in [0.29, 0.717) is 22.8 Å². The minimum Gasteiger partial charge on any atom is -0.322 e. The number of aromatic nitrogens is 2. The van der Waals surface area contributed by atoms with Gasteiger partial charge < -0.3 is 10.6 Å². The quantitative estimate of drug-likeness (QED) is 0.770. The first-order chi connectivity index (χ1) is 11.2. The van der Waals surface area contributed by atoms with Crippen LogP contribution in [0.3, 0.4) is 0 Å². The lowest BCUT2D eigenvalue weighted by Crippen LogP contribution is -2.11. The summed E-state index contributed by atoms with van der Waals surface area (Å²) >= 11 is 1.37. The highest BCUT2D eigenvalue weighted by Crippen LogP contribution is 2.28. The molecule has 0 spiro atoms. The fourth-order valence-electron chi connectivity index (χ4n) is 1.96. The van der Waals surface area contributed by atoms with Gasteiger partial charge in [0, 0.05) is 24.5 Å². The zero-order chi connectivity index (χ0) is 16.2. The van der Waals surface area contributed by atoms with Crippen molar-refractivity contribution >= 4 is 44.2 Å². The van der Waals surface area contributed by atoms with E-state index in [4.69, 9.17) is 0 Å². The molecule has 3 aromatic rings. The Bertz CT molecular complexity index is 861. The number of thiazole rings is 1. The summed E-state index contributed by atoms with van der Waals surface area (Å²) in [6, 6.07) is 8.84. The summed E-state index contributed by atoms with van der Waals surface area (Å²) in [5.74, 6) is -0.296. The van der Waals surface area contributed by atoms with Gasteiger partial charge in [-0.05, 0) is 30.3 Å². The van der Waals surface area contributed by atoms with Gasteiger partial charge in [0.1, 0.15) is 0 Å². The van der Waals surface area contributed by atoms with Gasteiger partial charge in [0.2, 0.25) is 5.91 Å². The zero-order valence-electron chi connectivity index (χ0n) is 12.4. The molecule has 3 rings (SSSR count). The number of rotatable bonds is 4. The minimum atomic E-state index is -0.221. The van der Waals surface area contributed by atoms with E-state index in [0.717, 1.165) is 10.2 Å². The number of benzene rings is 1. The van der Waals surface area contributed by atoms with Crippen LogP contribution in [-0.4, -0.2) is 21.8 Å². The maximum atomic E-state index is 12.1. The number of anilines is 2. The fraction of sp³-hybridized carbons (Fsp3) is 0.125. The molecule has 23 heavy (non-hydrogen) atoms. The largest absolute Gasteiger partial charge is 0.322 e. The SMILES string of the molecule is CCC(=O)Nc1nc2ccc(NC(=O)c3cccnc3)cc2s1. The number of carbonyl (C=O) groups excluding carboxylic acids is 2. The maximum absolute atomic E-state index is 12.1. The zero-order valence-corrected chi connectivity index (χ0v) is 13.2. The second kappa shape index (κ2) is 6.53. The van der Waals surface area contributed by atoms with Gasteiger partial charge in [-0.1, -0.05) is 18.3 Å². The number of amides is 2. The van der Waals surface area contributed by atoms with Crippen molar-refractivity contribution in [1.82, 2.24) is 9.97 Å². The topological polar surface area (TPSA) is 84.0 Å². The van der Waals surface area contributed by atoms with Gasteiger partial charge in [0.05, 0.1) is 15.8 Å². The first kappa shape index (κ1) is 15.1. The molecular weight excluding hydrogens is 312 g/mol. The van der Waals surface area contributed by atoms with Crippen LogP contribution in [0.1, 0.15) is 23.7 Å². The van der Waals surface area contributed by atoms with E-state index in [9.17, 15) is 9.59 Å². The first-order valence-electron chi connectivity index (χ1n) is 7.07. The molecule has 0 radical (unpaired) electrons. The summed E-state index contributed by atoms with van der Waals surface area (Å²) in [6.45, 7) is 1.79. The Labute approximate surface area is 136 Å². The van der Waals surface area contributed by atoms with E-state index in [-0.39, 0.29) is 11.8 Å². The first-order valence-corrected chi connectivity index (χ1v) is 7.89. The van der Waals surface area contributed by atoms with Gasteiger partial charge >= 0.3 is 0 Å². The number of nitrogens with one attached hydrogen (secondary N) is 2. The van der Waals surface area contributed by atoms with Crippen LogP contribution < -0.4 is 10.6 Å². The Morgan fingerprint density at radius 1 is 1.22 bits per heavy atom. The van der Waals surface area contributed by atoms with Crippen LogP contribution >= 0.6 is 11.3 Å². The Morgan fingerprint density at radius 2 is 2.09 bits per heavy atom. The van der Waals surface area contributed by atoms with Crippen LogP contribution in [0.25, 0.3) is 10.2 Å². The Morgan fingerprint density at radius 3 is 2.83 bits per heavy atom. The number of nitrogens with zero attached hydrogens (tertiary/aromatic N) is 2. The van der Waals surface area contributed by atoms with E-state index in [1.165, 1.54) is 17.5 Å². The highest BCUT2D eigenvalue weighted by atomic mass is 32.1. The van der Waals surface area contributed by atoms with E-state index in [2.05, 4.69) is 20.6 Å². The summed E-state index contributed by atoms with van der Waals surface area (Å²) in [7, 11) is 0. The number of pyridine rings is 1. The number of hydrogen-bond acceptors (Lipinski definition) is 5. The molecule has 6 nitrogen and oxygen atoms in total.